The van der Waals surface area contributed by atoms with E-state index in [9.17, 15) is 8.78 Å². The molecule has 0 saturated heterocycles. The van der Waals surface area contributed by atoms with E-state index in [1.807, 2.05) is 0 Å². The van der Waals surface area contributed by atoms with Crippen LogP contribution in [0.3, 0.4) is 0 Å². The molecule has 0 heterocycles. The fourth-order valence-corrected chi connectivity index (χ4v) is 1.51. The maximum Gasteiger partial charge on any atom is 0.183 e. The number of hydrogen-bond acceptors (Lipinski definition) is 2. The minimum Gasteiger partial charge on any atom is -0.397 e. The Morgan fingerprint density at radius 2 is 1.94 bits per heavy atom. The topological polar surface area (TPSA) is 38.0 Å². The lowest BCUT2D eigenvalue weighted by atomic mass is 10.2. The number of halogens is 2. The van der Waals surface area contributed by atoms with Gasteiger partial charge in [0.25, 0.3) is 0 Å². The average molecular weight is 228 g/mol. The summed E-state index contributed by atoms with van der Waals surface area (Å²) in [4.78, 5) is 0. The third kappa shape index (κ3) is 3.36. The van der Waals surface area contributed by atoms with E-state index in [-0.39, 0.29) is 11.4 Å². The molecule has 0 radical (unpaired) electrons. The molecule has 0 bridgehead atoms. The van der Waals surface area contributed by atoms with Crippen molar-refractivity contribution in [1.82, 2.24) is 0 Å². The Bertz CT molecular complexity index is 340. The molecule has 1 rings (SSSR count). The molecule has 90 valence electrons. The second kappa shape index (κ2) is 6.30. The number of benzene rings is 1. The molecule has 0 aliphatic carbocycles. The number of anilines is 2. The Balaban J connectivity index is 2.50. The van der Waals surface area contributed by atoms with Crippen molar-refractivity contribution in [2.45, 2.75) is 32.6 Å². The first-order chi connectivity index (χ1) is 7.66. The van der Waals surface area contributed by atoms with Gasteiger partial charge in [-0.15, -0.1) is 0 Å². The second-order valence-corrected chi connectivity index (χ2v) is 3.81. The van der Waals surface area contributed by atoms with Crippen LogP contribution in [0.2, 0.25) is 0 Å². The molecule has 0 unspecified atom stereocenters. The van der Waals surface area contributed by atoms with Crippen molar-refractivity contribution in [2.75, 3.05) is 17.6 Å². The van der Waals surface area contributed by atoms with Crippen molar-refractivity contribution in [1.29, 1.82) is 0 Å². The average Bonchev–Trinajstić information content (AvgIpc) is 2.28. The predicted octanol–water partition coefficient (Wildman–Crippen LogP) is 3.54. The van der Waals surface area contributed by atoms with E-state index >= 15 is 0 Å². The number of nitrogens with two attached hydrogens (primary N) is 1. The zero-order chi connectivity index (χ0) is 12.0. The Kier molecular flexibility index (Phi) is 5.02. The molecular formula is C12H18F2N2. The maximum atomic E-state index is 13.3. The van der Waals surface area contributed by atoms with Gasteiger partial charge in [-0.2, -0.15) is 0 Å². The smallest absolute Gasteiger partial charge is 0.183 e. The van der Waals surface area contributed by atoms with Crippen molar-refractivity contribution in [3.63, 3.8) is 0 Å². The quantitative estimate of drug-likeness (QED) is 0.577. The van der Waals surface area contributed by atoms with Crippen LogP contribution < -0.4 is 11.1 Å². The molecule has 0 fully saturated rings. The summed E-state index contributed by atoms with van der Waals surface area (Å²) < 4.78 is 26.2. The number of rotatable bonds is 6. The third-order valence-corrected chi connectivity index (χ3v) is 2.46. The summed E-state index contributed by atoms with van der Waals surface area (Å²) in [6.07, 6.45) is 4.32. The summed E-state index contributed by atoms with van der Waals surface area (Å²) in [5.74, 6) is -1.76. The van der Waals surface area contributed by atoms with Gasteiger partial charge in [0.1, 0.15) is 0 Å². The van der Waals surface area contributed by atoms with Crippen molar-refractivity contribution >= 4 is 11.4 Å². The predicted molar refractivity (Wildman–Crippen MR) is 63.4 cm³/mol. The molecule has 2 nitrogen and oxygen atoms in total. The molecule has 0 aromatic heterocycles. The number of nitrogen functional groups attached to an aromatic ring is 1. The van der Waals surface area contributed by atoms with Crippen LogP contribution in [0.15, 0.2) is 12.1 Å². The highest BCUT2D eigenvalue weighted by atomic mass is 19.2. The molecule has 0 amide bonds. The molecule has 3 N–H and O–H groups in total. The van der Waals surface area contributed by atoms with Crippen LogP contribution in [-0.2, 0) is 0 Å². The standard InChI is InChI=1S/C12H18F2N2/c1-2-3-4-5-8-16-12-10(15)7-6-9(13)11(12)14/h6-7,16H,2-5,8,15H2,1H3. The van der Waals surface area contributed by atoms with E-state index in [0.29, 0.717) is 6.54 Å². The van der Waals surface area contributed by atoms with Crippen molar-refractivity contribution in [2.24, 2.45) is 0 Å². The van der Waals surface area contributed by atoms with E-state index < -0.39 is 11.6 Å². The van der Waals surface area contributed by atoms with Crippen molar-refractivity contribution < 1.29 is 8.78 Å². The number of hydrogen-bond donors (Lipinski definition) is 2. The molecule has 1 aromatic carbocycles. The minimum absolute atomic E-state index is 0.0801. The van der Waals surface area contributed by atoms with E-state index in [4.69, 9.17) is 5.73 Å². The van der Waals surface area contributed by atoms with Gasteiger partial charge in [0.05, 0.1) is 11.4 Å². The van der Waals surface area contributed by atoms with Gasteiger partial charge in [-0.3, -0.25) is 0 Å². The summed E-state index contributed by atoms with van der Waals surface area (Å²) in [6.45, 7) is 2.74. The Hall–Kier alpha value is -1.32. The highest BCUT2D eigenvalue weighted by Gasteiger charge is 2.10. The van der Waals surface area contributed by atoms with Gasteiger partial charge < -0.3 is 11.1 Å². The summed E-state index contributed by atoms with van der Waals surface area (Å²) in [6, 6.07) is 2.40. The molecule has 0 spiro atoms. The summed E-state index contributed by atoms with van der Waals surface area (Å²) in [7, 11) is 0. The van der Waals surface area contributed by atoms with Crippen LogP contribution in [0.4, 0.5) is 20.2 Å². The second-order valence-electron chi connectivity index (χ2n) is 3.81. The third-order valence-electron chi connectivity index (χ3n) is 2.46. The monoisotopic (exact) mass is 228 g/mol. The normalized spacial score (nSPS) is 10.4. The van der Waals surface area contributed by atoms with E-state index in [2.05, 4.69) is 12.2 Å². The molecule has 4 heteroatoms. The Morgan fingerprint density at radius 3 is 2.62 bits per heavy atom. The molecule has 0 atom stereocenters. The summed E-state index contributed by atoms with van der Waals surface area (Å²) in [5.41, 5.74) is 5.89. The van der Waals surface area contributed by atoms with Gasteiger partial charge in [0.2, 0.25) is 0 Å². The van der Waals surface area contributed by atoms with Gasteiger partial charge in [0, 0.05) is 6.54 Å². The fraction of sp³-hybridized carbons (Fsp3) is 0.500. The van der Waals surface area contributed by atoms with Gasteiger partial charge >= 0.3 is 0 Å². The fourth-order valence-electron chi connectivity index (χ4n) is 1.51. The van der Waals surface area contributed by atoms with Crippen molar-refractivity contribution in [3.05, 3.63) is 23.8 Å². The molecule has 1 aromatic rings. The molecule has 0 saturated carbocycles. The van der Waals surface area contributed by atoms with Gasteiger partial charge in [-0.1, -0.05) is 26.2 Å². The van der Waals surface area contributed by atoms with Crippen LogP contribution in [0.5, 0.6) is 0 Å². The van der Waals surface area contributed by atoms with Crippen LogP contribution in [0.1, 0.15) is 32.6 Å². The first-order valence-electron chi connectivity index (χ1n) is 5.64. The first kappa shape index (κ1) is 12.7. The lowest BCUT2D eigenvalue weighted by Crippen LogP contribution is -2.07. The van der Waals surface area contributed by atoms with Gasteiger partial charge in [0.15, 0.2) is 11.6 Å². The Morgan fingerprint density at radius 1 is 1.19 bits per heavy atom. The summed E-state index contributed by atoms with van der Waals surface area (Å²) in [5, 5.41) is 2.84. The molecule has 16 heavy (non-hydrogen) atoms. The zero-order valence-electron chi connectivity index (χ0n) is 9.52. The summed E-state index contributed by atoms with van der Waals surface area (Å²) >= 11 is 0. The highest BCUT2D eigenvalue weighted by molar-refractivity contribution is 5.66. The van der Waals surface area contributed by atoms with Crippen LogP contribution in [0, 0.1) is 11.6 Å². The SMILES string of the molecule is CCCCCCNc1c(N)ccc(F)c1F. The highest BCUT2D eigenvalue weighted by Crippen LogP contribution is 2.24. The van der Waals surface area contributed by atoms with Gasteiger partial charge in [-0.25, -0.2) is 8.78 Å². The molecule has 0 aliphatic rings. The van der Waals surface area contributed by atoms with E-state index in [1.165, 1.54) is 6.07 Å². The first-order valence-corrected chi connectivity index (χ1v) is 5.64. The largest absolute Gasteiger partial charge is 0.397 e. The molecular weight excluding hydrogens is 210 g/mol. The van der Waals surface area contributed by atoms with Crippen LogP contribution in [0.25, 0.3) is 0 Å². The zero-order valence-corrected chi connectivity index (χ0v) is 9.52. The van der Waals surface area contributed by atoms with Gasteiger partial charge in [-0.05, 0) is 18.6 Å². The lowest BCUT2D eigenvalue weighted by Gasteiger charge is -2.10. The van der Waals surface area contributed by atoms with E-state index in [0.717, 1.165) is 31.7 Å². The Labute approximate surface area is 94.8 Å². The van der Waals surface area contributed by atoms with Crippen LogP contribution in [-0.4, -0.2) is 6.54 Å². The lowest BCUT2D eigenvalue weighted by molar-refractivity contribution is 0.511. The minimum atomic E-state index is -0.893. The number of nitrogens with one attached hydrogen (secondary N) is 1. The van der Waals surface area contributed by atoms with E-state index in [1.54, 1.807) is 0 Å². The van der Waals surface area contributed by atoms with Crippen molar-refractivity contribution in [3.8, 4) is 0 Å². The number of unbranched alkanes of at least 4 members (excludes halogenated alkanes) is 3. The maximum absolute atomic E-state index is 13.3. The molecule has 0 aliphatic heterocycles. The van der Waals surface area contributed by atoms with Crippen LogP contribution >= 0.6 is 0 Å².